The van der Waals surface area contributed by atoms with Gasteiger partial charge in [-0.15, -0.1) is 11.3 Å². The fourth-order valence-electron chi connectivity index (χ4n) is 2.59. The van der Waals surface area contributed by atoms with Crippen molar-refractivity contribution in [3.63, 3.8) is 0 Å². The summed E-state index contributed by atoms with van der Waals surface area (Å²) in [7, 11) is 1.77. The van der Waals surface area contributed by atoms with Gasteiger partial charge >= 0.3 is 0 Å². The average Bonchev–Trinajstić information content (AvgIpc) is 3.36. The third kappa shape index (κ3) is 4.43. The van der Waals surface area contributed by atoms with Gasteiger partial charge < -0.3 is 9.64 Å². The maximum atomic E-state index is 12.7. The molecule has 140 valence electrons. The highest BCUT2D eigenvalue weighted by molar-refractivity contribution is 7.10. The van der Waals surface area contributed by atoms with Gasteiger partial charge in [-0.3, -0.25) is 14.7 Å². The molecule has 0 aliphatic heterocycles. The first-order valence-corrected chi connectivity index (χ1v) is 9.42. The number of thiophene rings is 1. The van der Waals surface area contributed by atoms with Crippen molar-refractivity contribution in [2.75, 3.05) is 7.05 Å². The van der Waals surface area contributed by atoms with E-state index in [1.165, 1.54) is 6.92 Å². The molecule has 7 heteroatoms. The zero-order valence-corrected chi connectivity index (χ0v) is 16.2. The molecule has 1 amide bonds. The Kier molecular flexibility index (Phi) is 5.71. The van der Waals surface area contributed by atoms with E-state index in [2.05, 4.69) is 10.2 Å². The van der Waals surface area contributed by atoms with Gasteiger partial charge in [-0.25, -0.2) is 0 Å². The number of ether oxygens (including phenoxy) is 1. The number of hydrogen-bond acceptors (Lipinski definition) is 5. The molecule has 27 heavy (non-hydrogen) atoms. The molecule has 0 spiro atoms. The minimum Gasteiger partial charge on any atom is -0.487 e. The van der Waals surface area contributed by atoms with Crippen LogP contribution in [0.5, 0.6) is 5.75 Å². The van der Waals surface area contributed by atoms with Crippen LogP contribution in [0, 0.1) is 0 Å². The van der Waals surface area contributed by atoms with Crippen LogP contribution >= 0.6 is 11.3 Å². The van der Waals surface area contributed by atoms with Crippen LogP contribution in [-0.2, 0) is 6.61 Å². The van der Waals surface area contributed by atoms with Crippen LogP contribution in [-0.4, -0.2) is 33.8 Å². The lowest BCUT2D eigenvalue weighted by molar-refractivity contribution is 0.0738. The second kappa shape index (κ2) is 8.18. The van der Waals surface area contributed by atoms with Crippen molar-refractivity contribution < 1.29 is 14.3 Å². The molecule has 3 rings (SSSR count). The number of carbonyl (C=O) groups excluding carboxylic acids is 2. The molecule has 0 unspecified atom stereocenters. The summed E-state index contributed by atoms with van der Waals surface area (Å²) >= 11 is 1.62. The van der Waals surface area contributed by atoms with Gasteiger partial charge in [0, 0.05) is 17.5 Å². The van der Waals surface area contributed by atoms with Crippen LogP contribution in [0.3, 0.4) is 0 Å². The Morgan fingerprint density at radius 2 is 2.07 bits per heavy atom. The predicted molar refractivity (Wildman–Crippen MR) is 104 cm³/mol. The number of nitrogens with one attached hydrogen (secondary N) is 1. The molecule has 0 fully saturated rings. The van der Waals surface area contributed by atoms with Gasteiger partial charge in [0.1, 0.15) is 12.4 Å². The van der Waals surface area contributed by atoms with Gasteiger partial charge in [0.15, 0.2) is 11.5 Å². The molecule has 6 nitrogen and oxygen atoms in total. The van der Waals surface area contributed by atoms with Crippen LogP contribution in [0.4, 0.5) is 0 Å². The van der Waals surface area contributed by atoms with Crippen LogP contribution in [0.15, 0.2) is 47.8 Å². The molecular formula is C20H21N3O3S. The fraction of sp³-hybridized carbons (Fsp3) is 0.250. The zero-order chi connectivity index (χ0) is 19.4. The number of carbonyl (C=O) groups is 2. The van der Waals surface area contributed by atoms with Crippen LogP contribution in [0.1, 0.15) is 51.3 Å². The molecule has 1 aromatic carbocycles. The lowest BCUT2D eigenvalue weighted by Gasteiger charge is -2.23. The van der Waals surface area contributed by atoms with E-state index >= 15 is 0 Å². The first-order valence-electron chi connectivity index (χ1n) is 8.54. The lowest BCUT2D eigenvalue weighted by Crippen LogP contribution is -2.29. The van der Waals surface area contributed by atoms with Gasteiger partial charge in [0.25, 0.3) is 5.91 Å². The molecule has 1 N–H and O–H groups in total. The summed E-state index contributed by atoms with van der Waals surface area (Å²) in [6, 6.07) is 12.6. The summed E-state index contributed by atoms with van der Waals surface area (Å²) in [4.78, 5) is 26.9. The number of amides is 1. The highest BCUT2D eigenvalue weighted by atomic mass is 32.1. The molecule has 0 aliphatic rings. The number of ketones is 1. The Bertz CT molecular complexity index is 934. The Balaban J connectivity index is 1.63. The number of aromatic amines is 1. The lowest BCUT2D eigenvalue weighted by atomic mass is 10.1. The standard InChI is InChI=1S/C20H21N3O3S/c1-13(19-8-5-9-27-19)23(3)20(25)18-11-16(21-22-18)12-26-17-7-4-6-15(10-17)14(2)24/h4-11,13H,12H2,1-3H3,(H,21,22)/t13-/m0/s1. The quantitative estimate of drug-likeness (QED) is 0.624. The molecule has 3 aromatic rings. The molecule has 0 saturated heterocycles. The monoisotopic (exact) mass is 383 g/mol. The van der Waals surface area contributed by atoms with E-state index in [1.807, 2.05) is 24.4 Å². The van der Waals surface area contributed by atoms with E-state index in [0.717, 1.165) is 4.88 Å². The van der Waals surface area contributed by atoms with E-state index in [1.54, 1.807) is 53.6 Å². The Hall–Kier alpha value is -2.93. The minimum atomic E-state index is -0.156. The topological polar surface area (TPSA) is 75.3 Å². The van der Waals surface area contributed by atoms with Crippen LogP contribution < -0.4 is 4.74 Å². The predicted octanol–water partition coefficient (Wildman–Crippen LogP) is 4.09. The summed E-state index contributed by atoms with van der Waals surface area (Å²) in [6.45, 7) is 3.73. The first kappa shape index (κ1) is 18.8. The van der Waals surface area contributed by atoms with Crippen molar-refractivity contribution in [3.8, 4) is 5.75 Å². The van der Waals surface area contributed by atoms with Gasteiger partial charge in [0.2, 0.25) is 0 Å². The van der Waals surface area contributed by atoms with Gasteiger partial charge in [-0.05, 0) is 43.5 Å². The van der Waals surface area contributed by atoms with E-state index in [0.29, 0.717) is 22.7 Å². The van der Waals surface area contributed by atoms with Crippen molar-refractivity contribution in [3.05, 3.63) is 69.7 Å². The fourth-order valence-corrected chi connectivity index (χ4v) is 3.41. The molecule has 0 radical (unpaired) electrons. The number of benzene rings is 1. The van der Waals surface area contributed by atoms with E-state index in [9.17, 15) is 9.59 Å². The number of hydrogen-bond donors (Lipinski definition) is 1. The zero-order valence-electron chi connectivity index (χ0n) is 15.4. The second-order valence-electron chi connectivity index (χ2n) is 6.26. The molecule has 0 saturated carbocycles. The second-order valence-corrected chi connectivity index (χ2v) is 7.24. The Morgan fingerprint density at radius 3 is 2.78 bits per heavy atom. The maximum absolute atomic E-state index is 12.7. The van der Waals surface area contributed by atoms with Crippen molar-refractivity contribution in [2.45, 2.75) is 26.5 Å². The largest absolute Gasteiger partial charge is 0.487 e. The highest BCUT2D eigenvalue weighted by Crippen LogP contribution is 2.24. The molecular weight excluding hydrogens is 362 g/mol. The molecule has 1 atom stereocenters. The Labute approximate surface area is 161 Å². The number of H-pyrrole nitrogens is 1. The average molecular weight is 383 g/mol. The third-order valence-corrected chi connectivity index (χ3v) is 5.38. The summed E-state index contributed by atoms with van der Waals surface area (Å²) in [5, 5.41) is 8.94. The maximum Gasteiger partial charge on any atom is 0.274 e. The first-order chi connectivity index (χ1) is 13.0. The molecule has 0 aliphatic carbocycles. The Morgan fingerprint density at radius 1 is 1.26 bits per heavy atom. The third-order valence-electron chi connectivity index (χ3n) is 4.34. The SMILES string of the molecule is CC(=O)c1cccc(OCc2cc(C(=O)N(C)[C@@H](C)c3cccs3)n[nH]2)c1. The normalized spacial score (nSPS) is 11.8. The van der Waals surface area contributed by atoms with Gasteiger partial charge in [-0.1, -0.05) is 18.2 Å². The minimum absolute atomic E-state index is 0.0160. The smallest absolute Gasteiger partial charge is 0.274 e. The van der Waals surface area contributed by atoms with E-state index in [-0.39, 0.29) is 24.3 Å². The summed E-state index contributed by atoms with van der Waals surface area (Å²) in [5.41, 5.74) is 1.62. The van der Waals surface area contributed by atoms with E-state index in [4.69, 9.17) is 4.74 Å². The summed E-state index contributed by atoms with van der Waals surface area (Å²) in [5.74, 6) is 0.420. The van der Waals surface area contributed by atoms with Crippen molar-refractivity contribution in [1.29, 1.82) is 0 Å². The van der Waals surface area contributed by atoms with Crippen LogP contribution in [0.25, 0.3) is 0 Å². The number of Topliss-reactive ketones (excluding diaryl/α,β-unsaturated/α-hetero) is 1. The highest BCUT2D eigenvalue weighted by Gasteiger charge is 2.21. The van der Waals surface area contributed by atoms with Gasteiger partial charge in [0.05, 0.1) is 11.7 Å². The number of rotatable bonds is 7. The van der Waals surface area contributed by atoms with Crippen molar-refractivity contribution >= 4 is 23.0 Å². The summed E-state index contributed by atoms with van der Waals surface area (Å²) in [6.07, 6.45) is 0. The molecule has 2 aromatic heterocycles. The number of nitrogens with zero attached hydrogens (tertiary/aromatic N) is 2. The van der Waals surface area contributed by atoms with Crippen LogP contribution in [0.2, 0.25) is 0 Å². The van der Waals surface area contributed by atoms with E-state index < -0.39 is 0 Å². The molecule has 2 heterocycles. The van der Waals surface area contributed by atoms with Crippen molar-refractivity contribution in [2.24, 2.45) is 0 Å². The summed E-state index contributed by atoms with van der Waals surface area (Å²) < 4.78 is 5.70. The number of aromatic nitrogens is 2. The van der Waals surface area contributed by atoms with Crippen molar-refractivity contribution in [1.82, 2.24) is 15.1 Å². The van der Waals surface area contributed by atoms with Gasteiger partial charge in [-0.2, -0.15) is 5.10 Å². The molecule has 0 bridgehead atoms.